The van der Waals surface area contributed by atoms with Crippen LogP contribution in [0, 0.1) is 11.8 Å². The van der Waals surface area contributed by atoms with Crippen LogP contribution in [0.2, 0.25) is 0 Å². The van der Waals surface area contributed by atoms with E-state index < -0.39 is 47.7 Å². The molecule has 10 heteroatoms. The number of fused-ring (bicyclic) bond motifs is 1. The topological polar surface area (TPSA) is 144 Å². The number of nitrogens with one attached hydrogen (secondary N) is 1. The first kappa shape index (κ1) is 20.0. The van der Waals surface area contributed by atoms with Gasteiger partial charge in [-0.15, -0.1) is 0 Å². The van der Waals surface area contributed by atoms with Crippen LogP contribution in [-0.2, 0) is 14.4 Å². The number of hydrogen-bond donors (Lipinski definition) is 4. The summed E-state index contributed by atoms with van der Waals surface area (Å²) < 4.78 is 0.607. The van der Waals surface area contributed by atoms with Gasteiger partial charge >= 0.3 is 11.9 Å². The van der Waals surface area contributed by atoms with Crippen LogP contribution < -0.4 is 10.2 Å². The average Bonchev–Trinajstić information content (AvgIpc) is 3.21. The van der Waals surface area contributed by atoms with E-state index >= 15 is 0 Å². The Morgan fingerprint density at radius 2 is 1.70 bits per heavy atom. The molecule has 4 rings (SSSR count). The summed E-state index contributed by atoms with van der Waals surface area (Å²) in [6.45, 7) is 0. The highest BCUT2D eigenvalue weighted by molar-refractivity contribution is 9.10. The number of anilines is 1. The van der Waals surface area contributed by atoms with Gasteiger partial charge in [0.25, 0.3) is 0 Å². The average molecular weight is 475 g/mol. The maximum absolute atomic E-state index is 13.3. The summed E-state index contributed by atoms with van der Waals surface area (Å²) in [4.78, 5) is 50.3. The molecule has 2 aromatic carbocycles. The summed E-state index contributed by atoms with van der Waals surface area (Å²) >= 11 is 3.28. The van der Waals surface area contributed by atoms with Gasteiger partial charge in [0.15, 0.2) is 0 Å². The number of rotatable bonds is 4. The number of imide groups is 1. The molecule has 2 saturated heterocycles. The minimum absolute atomic E-state index is 0.0562. The van der Waals surface area contributed by atoms with Crippen molar-refractivity contribution in [2.45, 2.75) is 12.1 Å². The quantitative estimate of drug-likeness (QED) is 0.490. The van der Waals surface area contributed by atoms with E-state index in [1.807, 2.05) is 0 Å². The van der Waals surface area contributed by atoms with Gasteiger partial charge < -0.3 is 15.3 Å². The Bertz CT molecular complexity index is 1100. The van der Waals surface area contributed by atoms with E-state index in [2.05, 4.69) is 21.2 Å². The summed E-state index contributed by atoms with van der Waals surface area (Å²) in [5.74, 6) is -6.34. The van der Waals surface area contributed by atoms with E-state index in [-0.39, 0.29) is 22.6 Å². The molecule has 0 bridgehead atoms. The first-order valence-corrected chi connectivity index (χ1v) is 9.68. The number of nitrogens with zero attached hydrogens (tertiary/aromatic N) is 1. The van der Waals surface area contributed by atoms with E-state index in [0.717, 1.165) is 4.90 Å². The lowest BCUT2D eigenvalue weighted by molar-refractivity contribution is -0.142. The van der Waals surface area contributed by atoms with Gasteiger partial charge in [-0.3, -0.25) is 19.7 Å². The number of phenolic OH excluding ortho intramolecular Hbond substituents is 1. The van der Waals surface area contributed by atoms with Crippen molar-refractivity contribution in [1.82, 2.24) is 5.32 Å². The molecular formula is C20H15BrN2O7. The van der Waals surface area contributed by atoms with Crippen molar-refractivity contribution >= 4 is 45.4 Å². The molecule has 2 aliphatic rings. The van der Waals surface area contributed by atoms with Crippen LogP contribution >= 0.6 is 15.9 Å². The van der Waals surface area contributed by atoms with Crippen LogP contribution in [0.25, 0.3) is 0 Å². The van der Waals surface area contributed by atoms with Crippen molar-refractivity contribution in [2.24, 2.45) is 11.8 Å². The first-order valence-electron chi connectivity index (χ1n) is 8.89. The number of benzene rings is 2. The van der Waals surface area contributed by atoms with Crippen molar-refractivity contribution in [2.75, 3.05) is 4.90 Å². The molecule has 0 aliphatic carbocycles. The Morgan fingerprint density at radius 3 is 2.37 bits per heavy atom. The van der Waals surface area contributed by atoms with Crippen molar-refractivity contribution in [3.8, 4) is 5.75 Å². The van der Waals surface area contributed by atoms with E-state index in [1.54, 1.807) is 12.1 Å². The fraction of sp³-hybridized carbons (Fsp3) is 0.200. The zero-order chi connectivity index (χ0) is 21.7. The molecule has 0 saturated carbocycles. The van der Waals surface area contributed by atoms with Gasteiger partial charge in [-0.2, -0.15) is 0 Å². The smallest absolute Gasteiger partial charge is 0.335 e. The Balaban J connectivity index is 1.80. The van der Waals surface area contributed by atoms with Crippen LogP contribution in [0.15, 0.2) is 46.9 Å². The lowest BCUT2D eigenvalue weighted by Gasteiger charge is -2.22. The normalized spacial score (nSPS) is 25.4. The number of carboxylic acids is 2. The Morgan fingerprint density at radius 1 is 1.00 bits per heavy atom. The summed E-state index contributed by atoms with van der Waals surface area (Å²) in [6.07, 6.45) is 0. The first-order chi connectivity index (χ1) is 14.2. The third-order valence-electron chi connectivity index (χ3n) is 5.42. The van der Waals surface area contributed by atoms with Crippen molar-refractivity contribution in [3.05, 3.63) is 58.1 Å². The van der Waals surface area contributed by atoms with Crippen LogP contribution in [0.1, 0.15) is 22.0 Å². The zero-order valence-corrected chi connectivity index (χ0v) is 16.7. The molecule has 30 heavy (non-hydrogen) atoms. The third-order valence-corrected chi connectivity index (χ3v) is 5.91. The second-order valence-corrected chi connectivity index (χ2v) is 8.00. The van der Waals surface area contributed by atoms with Crippen molar-refractivity contribution < 1.29 is 34.5 Å². The highest BCUT2D eigenvalue weighted by Crippen LogP contribution is 2.47. The molecule has 2 amide bonds. The molecule has 154 valence electrons. The SMILES string of the molecule is O=C(O)c1cccc(N2C(=O)[C@H]3[C@H](C2=O)[C@H](C(=O)O)N[C@@H]3c2cc(Br)ccc2O)c1. The number of aromatic carboxylic acids is 1. The molecule has 2 fully saturated rings. The number of halogens is 1. The molecule has 2 aliphatic heterocycles. The number of aliphatic carboxylic acids is 1. The second-order valence-electron chi connectivity index (χ2n) is 7.08. The van der Waals surface area contributed by atoms with Gasteiger partial charge in [0.05, 0.1) is 23.1 Å². The van der Waals surface area contributed by atoms with Crippen molar-refractivity contribution in [1.29, 1.82) is 0 Å². The number of aromatic hydroxyl groups is 1. The zero-order valence-electron chi connectivity index (χ0n) is 15.2. The van der Waals surface area contributed by atoms with Gasteiger partial charge in [0.1, 0.15) is 11.8 Å². The molecule has 0 spiro atoms. The number of hydrogen-bond acceptors (Lipinski definition) is 6. The molecule has 4 atom stereocenters. The number of carbonyl (C=O) groups excluding carboxylic acids is 2. The fourth-order valence-electron chi connectivity index (χ4n) is 4.13. The van der Waals surface area contributed by atoms with E-state index in [9.17, 15) is 34.5 Å². The van der Waals surface area contributed by atoms with Gasteiger partial charge in [-0.05, 0) is 36.4 Å². The number of amides is 2. The van der Waals surface area contributed by atoms with E-state index in [4.69, 9.17) is 0 Å². The maximum Gasteiger partial charge on any atom is 0.335 e. The predicted molar refractivity (Wildman–Crippen MR) is 106 cm³/mol. The third kappa shape index (κ3) is 3.04. The fourth-order valence-corrected chi connectivity index (χ4v) is 4.51. The van der Waals surface area contributed by atoms with Gasteiger partial charge in [-0.25, -0.2) is 9.69 Å². The number of carbonyl (C=O) groups is 4. The molecule has 0 radical (unpaired) electrons. The largest absolute Gasteiger partial charge is 0.508 e. The monoisotopic (exact) mass is 474 g/mol. The Labute approximate surface area is 178 Å². The molecule has 4 N–H and O–H groups in total. The van der Waals surface area contributed by atoms with Crippen LogP contribution in [0.4, 0.5) is 5.69 Å². The maximum atomic E-state index is 13.3. The summed E-state index contributed by atoms with van der Waals surface area (Å²) in [5.41, 5.74) is 0.227. The van der Waals surface area contributed by atoms with Crippen LogP contribution in [0.5, 0.6) is 5.75 Å². The molecule has 2 aromatic rings. The predicted octanol–water partition coefficient (Wildman–Crippen LogP) is 1.76. The number of carboxylic acid groups (broad SMARTS) is 2. The molecule has 0 aromatic heterocycles. The molecule has 0 unspecified atom stereocenters. The standard InChI is InChI=1S/C20H15BrN2O7/c21-9-4-5-12(24)11(7-9)15-13-14(16(22-15)20(29)30)18(26)23(17(13)25)10-3-1-2-8(6-10)19(27)28/h1-7,13-16,22,24H,(H,27,28)(H,29,30)/t13-,14-,15+,16+/m0/s1. The van der Waals surface area contributed by atoms with Crippen LogP contribution in [0.3, 0.4) is 0 Å². The van der Waals surface area contributed by atoms with Crippen LogP contribution in [-0.4, -0.2) is 45.1 Å². The van der Waals surface area contributed by atoms with Gasteiger partial charge in [-0.1, -0.05) is 22.0 Å². The minimum Gasteiger partial charge on any atom is -0.508 e. The highest BCUT2D eigenvalue weighted by atomic mass is 79.9. The molecule has 9 nitrogen and oxygen atoms in total. The number of phenols is 1. The minimum atomic E-state index is -1.34. The van der Waals surface area contributed by atoms with Crippen molar-refractivity contribution in [3.63, 3.8) is 0 Å². The van der Waals surface area contributed by atoms with Gasteiger partial charge in [0.2, 0.25) is 11.8 Å². The van der Waals surface area contributed by atoms with Gasteiger partial charge in [0, 0.05) is 16.1 Å². The summed E-state index contributed by atoms with van der Waals surface area (Å²) in [7, 11) is 0. The molecular weight excluding hydrogens is 460 g/mol. The van der Waals surface area contributed by atoms with E-state index in [0.29, 0.717) is 4.47 Å². The van der Waals surface area contributed by atoms with E-state index in [1.165, 1.54) is 30.3 Å². The lowest BCUT2D eigenvalue weighted by atomic mass is 9.86. The Kier molecular flexibility index (Phi) is 4.83. The molecule has 2 heterocycles. The summed E-state index contributed by atoms with van der Waals surface area (Å²) in [5, 5.41) is 31.9. The second kappa shape index (κ2) is 7.22. The summed E-state index contributed by atoms with van der Waals surface area (Å²) in [6, 6.07) is 7.61. The Hall–Kier alpha value is -3.24. The highest BCUT2D eigenvalue weighted by Gasteiger charge is 2.61. The lowest BCUT2D eigenvalue weighted by Crippen LogP contribution is -2.43.